The predicted molar refractivity (Wildman–Crippen MR) is 69.4 cm³/mol. The lowest BCUT2D eigenvalue weighted by atomic mass is 10.3. The molecule has 0 spiro atoms. The molecule has 1 heterocycles. The van der Waals surface area contributed by atoms with Gasteiger partial charge < -0.3 is 5.32 Å². The van der Waals surface area contributed by atoms with Crippen LogP contribution in [0.25, 0.3) is 0 Å². The molecule has 0 aliphatic carbocycles. The number of benzene rings is 1. The lowest BCUT2D eigenvalue weighted by Gasteiger charge is -2.33. The topological polar surface area (TPSA) is 18.5 Å². The zero-order chi connectivity index (χ0) is 11.5. The number of para-hydroxylation sites is 1. The van der Waals surface area contributed by atoms with E-state index in [2.05, 4.69) is 39.8 Å². The van der Waals surface area contributed by atoms with Gasteiger partial charge in [-0.2, -0.15) is 0 Å². The molecular formula is C12H16N3S. The molecule has 1 N–H and O–H groups in total. The molecule has 0 bridgehead atoms. The van der Waals surface area contributed by atoms with Crippen molar-refractivity contribution in [3.63, 3.8) is 0 Å². The highest BCUT2D eigenvalue weighted by atomic mass is 32.2. The second-order valence-electron chi connectivity index (χ2n) is 3.86. The van der Waals surface area contributed by atoms with Crippen molar-refractivity contribution >= 4 is 17.4 Å². The lowest BCUT2D eigenvalue weighted by molar-refractivity contribution is 0.0661. The SMILES string of the molecule is CC1=[C]SC(Nc2ccccc2)N1N(C)C. The molecule has 0 amide bonds. The van der Waals surface area contributed by atoms with E-state index in [1.165, 1.54) is 0 Å². The number of hydrogen-bond donors (Lipinski definition) is 1. The molecule has 1 aliphatic heterocycles. The van der Waals surface area contributed by atoms with Gasteiger partial charge in [0.25, 0.3) is 0 Å². The first-order valence-electron chi connectivity index (χ1n) is 5.22. The monoisotopic (exact) mass is 234 g/mol. The van der Waals surface area contributed by atoms with Crippen LogP contribution < -0.4 is 5.32 Å². The third-order valence-corrected chi connectivity index (χ3v) is 3.33. The van der Waals surface area contributed by atoms with Gasteiger partial charge in [0.05, 0.1) is 0 Å². The summed E-state index contributed by atoms with van der Waals surface area (Å²) in [5, 5.41) is 11.0. The van der Waals surface area contributed by atoms with E-state index in [9.17, 15) is 0 Å². The standard InChI is InChI=1S/C12H16N3S/c1-10-9-16-12(15(10)14(2)3)13-11-7-5-4-6-8-11/h4-8,12-13H,1-3H3. The minimum Gasteiger partial charge on any atom is -0.355 e. The summed E-state index contributed by atoms with van der Waals surface area (Å²) < 4.78 is 0. The predicted octanol–water partition coefficient (Wildman–Crippen LogP) is 2.57. The summed E-state index contributed by atoms with van der Waals surface area (Å²) in [7, 11) is 4.08. The van der Waals surface area contributed by atoms with Gasteiger partial charge in [0.2, 0.25) is 0 Å². The Balaban J connectivity index is 2.07. The summed E-state index contributed by atoms with van der Waals surface area (Å²) in [6.45, 7) is 2.07. The van der Waals surface area contributed by atoms with Crippen LogP contribution in [-0.2, 0) is 0 Å². The van der Waals surface area contributed by atoms with Crippen LogP contribution in [0.1, 0.15) is 6.92 Å². The first kappa shape index (κ1) is 11.4. The van der Waals surface area contributed by atoms with Gasteiger partial charge in [-0.05, 0) is 19.1 Å². The maximum absolute atomic E-state index is 3.47. The van der Waals surface area contributed by atoms with Gasteiger partial charge >= 0.3 is 0 Å². The van der Waals surface area contributed by atoms with Crippen LogP contribution in [0.4, 0.5) is 5.69 Å². The maximum Gasteiger partial charge on any atom is 0.166 e. The van der Waals surface area contributed by atoms with Crippen LogP contribution >= 0.6 is 11.8 Å². The van der Waals surface area contributed by atoms with Crippen molar-refractivity contribution in [2.24, 2.45) is 0 Å². The number of hydrazine groups is 1. The highest BCUT2D eigenvalue weighted by Gasteiger charge is 2.26. The van der Waals surface area contributed by atoms with Gasteiger partial charge in [0, 0.05) is 30.9 Å². The largest absolute Gasteiger partial charge is 0.355 e. The summed E-state index contributed by atoms with van der Waals surface area (Å²) in [5.74, 6) is 0. The molecule has 3 nitrogen and oxygen atoms in total. The summed E-state index contributed by atoms with van der Waals surface area (Å²) in [5.41, 5.74) is 2.46. The van der Waals surface area contributed by atoms with Gasteiger partial charge in [-0.1, -0.05) is 30.0 Å². The lowest BCUT2D eigenvalue weighted by Crippen LogP contribution is -2.42. The fraction of sp³-hybridized carbons (Fsp3) is 0.333. The van der Waals surface area contributed by atoms with Crippen molar-refractivity contribution < 1.29 is 0 Å². The Morgan fingerprint density at radius 3 is 2.62 bits per heavy atom. The van der Waals surface area contributed by atoms with Gasteiger partial charge in [-0.15, -0.1) is 0 Å². The number of anilines is 1. The zero-order valence-corrected chi connectivity index (χ0v) is 10.6. The second-order valence-corrected chi connectivity index (χ2v) is 4.75. The first-order chi connectivity index (χ1) is 7.68. The number of allylic oxidation sites excluding steroid dienone is 1. The molecule has 0 saturated heterocycles. The van der Waals surface area contributed by atoms with Gasteiger partial charge in [-0.3, -0.25) is 5.01 Å². The van der Waals surface area contributed by atoms with E-state index in [-0.39, 0.29) is 5.50 Å². The summed E-state index contributed by atoms with van der Waals surface area (Å²) in [4.78, 5) is 0. The normalized spacial score (nSPS) is 20.1. The molecule has 1 aliphatic rings. The van der Waals surface area contributed by atoms with Crippen molar-refractivity contribution in [2.45, 2.75) is 12.4 Å². The van der Waals surface area contributed by atoms with Crippen LogP contribution in [0.3, 0.4) is 0 Å². The Hall–Kier alpha value is -1.13. The molecule has 1 atom stereocenters. The van der Waals surface area contributed by atoms with E-state index in [0.717, 1.165) is 11.4 Å². The number of nitrogens with zero attached hydrogens (tertiary/aromatic N) is 2. The van der Waals surface area contributed by atoms with Crippen LogP contribution in [0.15, 0.2) is 36.0 Å². The molecular weight excluding hydrogens is 218 g/mol. The molecule has 16 heavy (non-hydrogen) atoms. The van der Waals surface area contributed by atoms with Crippen LogP contribution in [0, 0.1) is 5.41 Å². The molecule has 0 aromatic heterocycles. The number of thioether (sulfide) groups is 1. The van der Waals surface area contributed by atoms with E-state index < -0.39 is 0 Å². The number of nitrogens with one attached hydrogen (secondary N) is 1. The zero-order valence-electron chi connectivity index (χ0n) is 9.77. The third-order valence-electron chi connectivity index (χ3n) is 2.38. The highest BCUT2D eigenvalue weighted by Crippen LogP contribution is 2.30. The van der Waals surface area contributed by atoms with Crippen LogP contribution in [-0.4, -0.2) is 29.6 Å². The van der Waals surface area contributed by atoms with E-state index in [0.29, 0.717) is 0 Å². The molecule has 1 aromatic carbocycles. The van der Waals surface area contributed by atoms with Gasteiger partial charge in [0.15, 0.2) is 5.50 Å². The summed E-state index contributed by atoms with van der Waals surface area (Å²) in [6, 6.07) is 10.2. The molecule has 1 radical (unpaired) electrons. The van der Waals surface area contributed by atoms with Gasteiger partial charge in [-0.25, -0.2) is 5.01 Å². The fourth-order valence-corrected chi connectivity index (χ4v) is 2.71. The summed E-state index contributed by atoms with van der Waals surface area (Å²) in [6.07, 6.45) is 0. The molecule has 1 unspecified atom stereocenters. The summed E-state index contributed by atoms with van der Waals surface area (Å²) >= 11 is 1.67. The van der Waals surface area contributed by atoms with E-state index in [4.69, 9.17) is 0 Å². The van der Waals surface area contributed by atoms with Crippen molar-refractivity contribution in [1.82, 2.24) is 10.0 Å². The molecule has 1 aromatic rings. The number of hydrogen-bond acceptors (Lipinski definition) is 4. The number of rotatable bonds is 3. The Kier molecular flexibility index (Phi) is 3.41. The maximum atomic E-state index is 3.47. The minimum absolute atomic E-state index is 0.192. The molecule has 2 rings (SSSR count). The first-order valence-corrected chi connectivity index (χ1v) is 6.10. The average Bonchev–Trinajstić information content (AvgIpc) is 2.61. The van der Waals surface area contributed by atoms with Crippen LogP contribution in [0.5, 0.6) is 0 Å². The van der Waals surface area contributed by atoms with Crippen molar-refractivity contribution in [3.05, 3.63) is 41.4 Å². The molecule has 4 heteroatoms. The molecule has 0 fully saturated rings. The van der Waals surface area contributed by atoms with E-state index in [1.54, 1.807) is 11.8 Å². The minimum atomic E-state index is 0.192. The molecule has 85 valence electrons. The van der Waals surface area contributed by atoms with Crippen molar-refractivity contribution in [2.75, 3.05) is 19.4 Å². The van der Waals surface area contributed by atoms with Crippen molar-refractivity contribution in [1.29, 1.82) is 0 Å². The fourth-order valence-electron chi connectivity index (χ4n) is 1.69. The van der Waals surface area contributed by atoms with E-state index in [1.807, 2.05) is 32.3 Å². The second kappa shape index (κ2) is 4.80. The highest BCUT2D eigenvalue weighted by molar-refractivity contribution is 8.01. The van der Waals surface area contributed by atoms with Gasteiger partial charge in [0.1, 0.15) is 0 Å². The Bertz CT molecular complexity index is 375. The quantitative estimate of drug-likeness (QED) is 0.866. The van der Waals surface area contributed by atoms with Crippen molar-refractivity contribution in [3.8, 4) is 0 Å². The Morgan fingerprint density at radius 2 is 2.00 bits per heavy atom. The Labute approximate surface area is 101 Å². The Morgan fingerprint density at radius 1 is 1.31 bits per heavy atom. The molecule has 0 saturated carbocycles. The van der Waals surface area contributed by atoms with E-state index >= 15 is 0 Å². The third kappa shape index (κ3) is 2.33. The van der Waals surface area contributed by atoms with Crippen LogP contribution in [0.2, 0.25) is 0 Å². The smallest absolute Gasteiger partial charge is 0.166 e. The average molecular weight is 234 g/mol.